The second-order valence-corrected chi connectivity index (χ2v) is 9.44. The molecule has 0 aromatic heterocycles. The Morgan fingerprint density at radius 1 is 1.13 bits per heavy atom. The van der Waals surface area contributed by atoms with Crippen molar-refractivity contribution in [2.24, 2.45) is 23.2 Å². The van der Waals surface area contributed by atoms with E-state index in [0.717, 1.165) is 77.8 Å². The van der Waals surface area contributed by atoms with Gasteiger partial charge in [0.1, 0.15) is 0 Å². The maximum Gasteiger partial charge on any atom is 0.490 e. The molecule has 2 atom stereocenters. The third-order valence-electron chi connectivity index (χ3n) is 6.86. The Hall–Kier alpha value is -1.39. The second-order valence-electron chi connectivity index (χ2n) is 9.44. The molecule has 1 saturated carbocycles. The lowest BCUT2D eigenvalue weighted by Crippen LogP contribution is -2.41. The molecule has 1 amide bonds. The Labute approximate surface area is 180 Å². The van der Waals surface area contributed by atoms with Gasteiger partial charge in [-0.15, -0.1) is 0 Å². The lowest BCUT2D eigenvalue weighted by molar-refractivity contribution is -0.192. The second kappa shape index (κ2) is 10.0. The van der Waals surface area contributed by atoms with Gasteiger partial charge in [0.05, 0.1) is 6.61 Å². The molecule has 0 radical (unpaired) electrons. The van der Waals surface area contributed by atoms with Crippen molar-refractivity contribution >= 4 is 11.9 Å². The minimum absolute atomic E-state index is 0.192. The van der Waals surface area contributed by atoms with Crippen LogP contribution in [0.1, 0.15) is 32.1 Å². The van der Waals surface area contributed by atoms with E-state index in [1.165, 1.54) is 12.8 Å². The Morgan fingerprint density at radius 3 is 2.35 bits per heavy atom. The lowest BCUT2D eigenvalue weighted by Gasteiger charge is -2.32. The molecule has 4 fully saturated rings. The van der Waals surface area contributed by atoms with Gasteiger partial charge < -0.3 is 24.4 Å². The quantitative estimate of drug-likeness (QED) is 0.692. The number of likely N-dealkylation sites (tertiary alicyclic amines) is 2. The van der Waals surface area contributed by atoms with Crippen LogP contribution in [0.5, 0.6) is 0 Å². The summed E-state index contributed by atoms with van der Waals surface area (Å²) in [5.74, 6) is -0.781. The van der Waals surface area contributed by atoms with Gasteiger partial charge in [0.15, 0.2) is 0 Å². The number of carboxylic acids is 1. The van der Waals surface area contributed by atoms with E-state index in [4.69, 9.17) is 19.4 Å². The smallest absolute Gasteiger partial charge is 0.475 e. The van der Waals surface area contributed by atoms with E-state index in [1.54, 1.807) is 0 Å². The van der Waals surface area contributed by atoms with Gasteiger partial charge in [0.25, 0.3) is 0 Å². The van der Waals surface area contributed by atoms with Gasteiger partial charge in [-0.2, -0.15) is 13.2 Å². The SMILES string of the molecule is CN1C[C@@H](COCC2CC2)[C@]2(CCN(C(=O)C3CCOCC3)C2)C1.O=C(O)C(F)(F)F. The predicted molar refractivity (Wildman–Crippen MR) is 105 cm³/mol. The summed E-state index contributed by atoms with van der Waals surface area (Å²) in [5.41, 5.74) is 0.263. The van der Waals surface area contributed by atoms with Gasteiger partial charge in [-0.1, -0.05) is 0 Å². The van der Waals surface area contributed by atoms with Crippen LogP contribution in [0.4, 0.5) is 13.2 Å². The standard InChI is InChI=1S/C19H32N2O3.C2HF3O2/c1-20-10-17(12-24-11-15-2-3-15)19(13-20)6-7-21(14-19)18(22)16-4-8-23-9-5-16;3-2(4,5)1(6)7/h15-17H,2-14H2,1H3;(H,6,7)/t17-,19+;/m0./s1. The van der Waals surface area contributed by atoms with Gasteiger partial charge in [-0.3, -0.25) is 4.79 Å². The summed E-state index contributed by atoms with van der Waals surface area (Å²) in [4.78, 5) is 26.4. The maximum atomic E-state index is 12.9. The molecule has 31 heavy (non-hydrogen) atoms. The number of hydrogen-bond donors (Lipinski definition) is 1. The van der Waals surface area contributed by atoms with E-state index in [0.29, 0.717) is 11.8 Å². The molecular weight excluding hydrogens is 417 g/mol. The Balaban J connectivity index is 0.000000339. The molecule has 10 heteroatoms. The number of halogens is 3. The molecule has 0 unspecified atom stereocenters. The topological polar surface area (TPSA) is 79.3 Å². The fourth-order valence-corrected chi connectivity index (χ4v) is 4.94. The van der Waals surface area contributed by atoms with Crippen LogP contribution in [-0.2, 0) is 19.1 Å². The van der Waals surface area contributed by atoms with Gasteiger partial charge in [-0.25, -0.2) is 4.79 Å². The number of carboxylic acid groups (broad SMARTS) is 1. The highest BCUT2D eigenvalue weighted by molar-refractivity contribution is 5.79. The number of hydrogen-bond acceptors (Lipinski definition) is 5. The van der Waals surface area contributed by atoms with Crippen LogP contribution in [0.2, 0.25) is 0 Å². The van der Waals surface area contributed by atoms with E-state index in [1.807, 2.05) is 0 Å². The summed E-state index contributed by atoms with van der Waals surface area (Å²) in [6.07, 6.45) is 0.558. The number of ether oxygens (including phenoxy) is 2. The molecule has 1 N–H and O–H groups in total. The summed E-state index contributed by atoms with van der Waals surface area (Å²) in [7, 11) is 2.21. The van der Waals surface area contributed by atoms with Crippen molar-refractivity contribution in [3.05, 3.63) is 0 Å². The van der Waals surface area contributed by atoms with Crippen LogP contribution in [0.3, 0.4) is 0 Å². The molecule has 0 aromatic rings. The maximum absolute atomic E-state index is 12.9. The van der Waals surface area contributed by atoms with E-state index in [9.17, 15) is 18.0 Å². The largest absolute Gasteiger partial charge is 0.490 e. The van der Waals surface area contributed by atoms with E-state index in [2.05, 4.69) is 16.8 Å². The monoisotopic (exact) mass is 450 g/mol. The average molecular weight is 450 g/mol. The number of rotatable bonds is 5. The zero-order chi connectivity index (χ0) is 22.6. The number of carbonyl (C=O) groups excluding carboxylic acids is 1. The lowest BCUT2D eigenvalue weighted by atomic mass is 9.77. The highest BCUT2D eigenvalue weighted by Crippen LogP contribution is 2.44. The van der Waals surface area contributed by atoms with Crippen LogP contribution < -0.4 is 0 Å². The normalized spacial score (nSPS) is 29.8. The molecule has 3 aliphatic heterocycles. The van der Waals surface area contributed by atoms with Gasteiger partial charge in [0, 0.05) is 63.3 Å². The first kappa shape index (κ1) is 24.3. The minimum atomic E-state index is -5.08. The first-order chi connectivity index (χ1) is 14.6. The fourth-order valence-electron chi connectivity index (χ4n) is 4.94. The molecule has 4 rings (SSSR count). The van der Waals surface area contributed by atoms with Gasteiger partial charge in [0.2, 0.25) is 5.91 Å². The molecule has 3 heterocycles. The van der Waals surface area contributed by atoms with Crippen LogP contribution in [-0.4, -0.2) is 92.6 Å². The van der Waals surface area contributed by atoms with E-state index >= 15 is 0 Å². The summed E-state index contributed by atoms with van der Waals surface area (Å²) >= 11 is 0. The summed E-state index contributed by atoms with van der Waals surface area (Å²) < 4.78 is 43.2. The van der Waals surface area contributed by atoms with Crippen molar-refractivity contribution in [3.8, 4) is 0 Å². The molecule has 7 nitrogen and oxygen atoms in total. The summed E-state index contributed by atoms with van der Waals surface area (Å²) in [6.45, 7) is 7.41. The zero-order valence-electron chi connectivity index (χ0n) is 18.0. The number of aliphatic carboxylic acids is 1. The number of amides is 1. The number of alkyl halides is 3. The van der Waals surface area contributed by atoms with Crippen molar-refractivity contribution in [1.82, 2.24) is 9.80 Å². The van der Waals surface area contributed by atoms with Crippen molar-refractivity contribution in [3.63, 3.8) is 0 Å². The third-order valence-corrected chi connectivity index (χ3v) is 6.86. The molecule has 0 aromatic carbocycles. The van der Waals surface area contributed by atoms with Crippen LogP contribution in [0.25, 0.3) is 0 Å². The molecule has 4 aliphatic rings. The molecule has 3 saturated heterocycles. The van der Waals surface area contributed by atoms with Crippen molar-refractivity contribution < 1.29 is 37.3 Å². The Bertz CT molecular complexity index is 637. The Kier molecular flexibility index (Phi) is 7.86. The first-order valence-corrected chi connectivity index (χ1v) is 11.0. The van der Waals surface area contributed by atoms with Crippen molar-refractivity contribution in [1.29, 1.82) is 0 Å². The van der Waals surface area contributed by atoms with E-state index < -0.39 is 12.1 Å². The van der Waals surface area contributed by atoms with Crippen molar-refractivity contribution in [2.75, 3.05) is 59.7 Å². The number of nitrogens with zero attached hydrogens (tertiary/aromatic N) is 2. The van der Waals surface area contributed by atoms with Crippen molar-refractivity contribution in [2.45, 2.75) is 38.3 Å². The molecular formula is C21H33F3N2O5. The fraction of sp³-hybridized carbons (Fsp3) is 0.905. The molecule has 178 valence electrons. The third kappa shape index (κ3) is 6.55. The van der Waals surface area contributed by atoms with E-state index in [-0.39, 0.29) is 11.3 Å². The predicted octanol–water partition coefficient (Wildman–Crippen LogP) is 2.25. The van der Waals surface area contributed by atoms with Crippen LogP contribution in [0.15, 0.2) is 0 Å². The zero-order valence-corrected chi connectivity index (χ0v) is 18.0. The van der Waals surface area contributed by atoms with Crippen LogP contribution in [0, 0.1) is 23.2 Å². The Morgan fingerprint density at radius 2 is 1.77 bits per heavy atom. The highest BCUT2D eigenvalue weighted by Gasteiger charge is 2.51. The summed E-state index contributed by atoms with van der Waals surface area (Å²) in [5, 5.41) is 7.12. The van der Waals surface area contributed by atoms with Crippen LogP contribution >= 0.6 is 0 Å². The minimum Gasteiger partial charge on any atom is -0.475 e. The molecule has 1 aliphatic carbocycles. The highest BCUT2D eigenvalue weighted by atomic mass is 19.4. The van der Waals surface area contributed by atoms with Gasteiger partial charge >= 0.3 is 12.1 Å². The average Bonchev–Trinajstić information content (AvgIpc) is 3.36. The molecule has 1 spiro atoms. The van der Waals surface area contributed by atoms with Gasteiger partial charge in [-0.05, 0) is 45.1 Å². The first-order valence-electron chi connectivity index (χ1n) is 11.0. The molecule has 0 bridgehead atoms. The number of carbonyl (C=O) groups is 2. The summed E-state index contributed by atoms with van der Waals surface area (Å²) in [6, 6.07) is 0.